The third-order valence-corrected chi connectivity index (χ3v) is 5.79. The van der Waals surface area contributed by atoms with Gasteiger partial charge in [-0.3, -0.25) is 9.59 Å². The van der Waals surface area contributed by atoms with Crippen LogP contribution in [0.15, 0.2) is 18.2 Å². The fourth-order valence-corrected chi connectivity index (χ4v) is 4.00. The minimum absolute atomic E-state index is 0.224. The highest BCUT2D eigenvalue weighted by molar-refractivity contribution is 7.15. The zero-order valence-corrected chi connectivity index (χ0v) is 16.1. The van der Waals surface area contributed by atoms with Gasteiger partial charge in [0.25, 0.3) is 5.91 Å². The maximum atomic E-state index is 12.8. The van der Waals surface area contributed by atoms with Crippen LogP contribution in [0.1, 0.15) is 33.8 Å². The Bertz CT molecular complexity index is 818. The Hall–Kier alpha value is -1.63. The van der Waals surface area contributed by atoms with Crippen LogP contribution in [0.25, 0.3) is 0 Å². The number of benzene rings is 1. The van der Waals surface area contributed by atoms with Crippen LogP contribution in [-0.4, -0.2) is 34.3 Å². The van der Waals surface area contributed by atoms with Crippen LogP contribution in [0.4, 0.5) is 5.13 Å². The summed E-state index contributed by atoms with van der Waals surface area (Å²) in [5.74, 6) is -0.505. The summed E-state index contributed by atoms with van der Waals surface area (Å²) >= 11 is 13.5. The summed E-state index contributed by atoms with van der Waals surface area (Å²) in [7, 11) is 0. The number of carbonyl (C=O) groups is 2. The number of nitrogens with zero attached hydrogens (tertiary/aromatic N) is 2. The van der Waals surface area contributed by atoms with Gasteiger partial charge in [0.2, 0.25) is 5.91 Å². The molecule has 1 aromatic heterocycles. The van der Waals surface area contributed by atoms with Gasteiger partial charge in [-0.1, -0.05) is 23.2 Å². The zero-order chi connectivity index (χ0) is 18.1. The van der Waals surface area contributed by atoms with Gasteiger partial charge >= 0.3 is 0 Å². The van der Waals surface area contributed by atoms with E-state index in [1.165, 1.54) is 17.4 Å². The van der Waals surface area contributed by atoms with E-state index in [2.05, 4.69) is 10.3 Å². The average molecular weight is 398 g/mol. The lowest BCUT2D eigenvalue weighted by atomic mass is 10.1. The molecule has 2 heterocycles. The van der Waals surface area contributed by atoms with E-state index in [-0.39, 0.29) is 11.8 Å². The maximum Gasteiger partial charge on any atom is 0.256 e. The third kappa shape index (κ3) is 3.81. The number of rotatable bonds is 3. The average Bonchev–Trinajstić information content (AvgIpc) is 3.16. The number of nitrogens with one attached hydrogen (secondary N) is 1. The van der Waals surface area contributed by atoms with Crippen molar-refractivity contribution in [1.29, 1.82) is 0 Å². The molecule has 8 heteroatoms. The smallest absolute Gasteiger partial charge is 0.256 e. The summed E-state index contributed by atoms with van der Waals surface area (Å²) in [6.45, 7) is 4.36. The van der Waals surface area contributed by atoms with Gasteiger partial charge in [-0.15, -0.1) is 11.3 Å². The number of halogens is 2. The number of aryl methyl sites for hydroxylation is 2. The van der Waals surface area contributed by atoms with Crippen molar-refractivity contribution in [3.8, 4) is 0 Å². The minimum atomic E-state index is -0.535. The zero-order valence-electron chi connectivity index (χ0n) is 13.8. The molecule has 1 unspecified atom stereocenters. The second kappa shape index (κ2) is 7.32. The van der Waals surface area contributed by atoms with Crippen molar-refractivity contribution < 1.29 is 9.59 Å². The van der Waals surface area contributed by atoms with E-state index in [0.717, 1.165) is 17.0 Å². The van der Waals surface area contributed by atoms with Crippen LogP contribution in [0.5, 0.6) is 0 Å². The molecule has 0 aliphatic carbocycles. The molecule has 1 atom stereocenters. The molecule has 132 valence electrons. The number of hydrogen-bond donors (Lipinski definition) is 1. The highest BCUT2D eigenvalue weighted by atomic mass is 35.5. The first kappa shape index (κ1) is 18.2. The Labute approximate surface area is 160 Å². The van der Waals surface area contributed by atoms with E-state index in [1.54, 1.807) is 17.0 Å². The molecule has 1 saturated heterocycles. The SMILES string of the molecule is Cc1nc(NC(=O)C2CCCN2C(=O)c2cc(Cl)ccc2Cl)sc1C. The molecule has 1 aromatic carbocycles. The highest BCUT2D eigenvalue weighted by Gasteiger charge is 2.35. The number of thiazole rings is 1. The van der Waals surface area contributed by atoms with E-state index >= 15 is 0 Å². The van der Waals surface area contributed by atoms with Gasteiger partial charge in [-0.2, -0.15) is 0 Å². The quantitative estimate of drug-likeness (QED) is 0.838. The summed E-state index contributed by atoms with van der Waals surface area (Å²) in [4.78, 5) is 32.4. The number of likely N-dealkylation sites (tertiary alicyclic amines) is 1. The third-order valence-electron chi connectivity index (χ3n) is 4.23. The molecule has 25 heavy (non-hydrogen) atoms. The summed E-state index contributed by atoms with van der Waals surface area (Å²) < 4.78 is 0. The van der Waals surface area contributed by atoms with Gasteiger partial charge in [0.15, 0.2) is 5.13 Å². The molecule has 1 N–H and O–H groups in total. The van der Waals surface area contributed by atoms with Crippen molar-refractivity contribution >= 4 is 51.5 Å². The first-order valence-electron chi connectivity index (χ1n) is 7.87. The highest BCUT2D eigenvalue weighted by Crippen LogP contribution is 2.28. The van der Waals surface area contributed by atoms with Gasteiger partial charge in [0, 0.05) is 16.4 Å². The van der Waals surface area contributed by atoms with Crippen LogP contribution in [-0.2, 0) is 4.79 Å². The molecular formula is C17H17Cl2N3O2S. The van der Waals surface area contributed by atoms with E-state index in [1.807, 2.05) is 13.8 Å². The summed E-state index contributed by atoms with van der Waals surface area (Å²) in [6, 6.07) is 4.21. The Kier molecular flexibility index (Phi) is 5.32. The Balaban J connectivity index is 1.78. The van der Waals surface area contributed by atoms with E-state index in [9.17, 15) is 9.59 Å². The first-order valence-corrected chi connectivity index (χ1v) is 9.45. The van der Waals surface area contributed by atoms with E-state index in [4.69, 9.17) is 23.2 Å². The van der Waals surface area contributed by atoms with Crippen LogP contribution < -0.4 is 5.32 Å². The molecule has 1 aliphatic rings. The van der Waals surface area contributed by atoms with Gasteiger partial charge in [0.1, 0.15) is 6.04 Å². The van der Waals surface area contributed by atoms with Gasteiger partial charge < -0.3 is 10.2 Å². The number of aromatic nitrogens is 1. The van der Waals surface area contributed by atoms with Crippen LogP contribution in [0.3, 0.4) is 0 Å². The summed E-state index contributed by atoms with van der Waals surface area (Å²) in [6.07, 6.45) is 1.37. The van der Waals surface area contributed by atoms with Crippen LogP contribution >= 0.6 is 34.5 Å². The first-order chi connectivity index (χ1) is 11.9. The summed E-state index contributed by atoms with van der Waals surface area (Å²) in [5.41, 5.74) is 1.21. The number of hydrogen-bond acceptors (Lipinski definition) is 4. The standard InChI is InChI=1S/C17H17Cl2N3O2S/c1-9-10(2)25-17(20-9)21-15(23)14-4-3-7-22(14)16(24)12-8-11(18)5-6-13(12)19/h5-6,8,14H,3-4,7H2,1-2H3,(H,20,21,23). The predicted octanol–water partition coefficient (Wildman–Crippen LogP) is 4.31. The lowest BCUT2D eigenvalue weighted by Crippen LogP contribution is -2.43. The van der Waals surface area contributed by atoms with Gasteiger partial charge in [0.05, 0.1) is 16.3 Å². The Morgan fingerprint density at radius 1 is 1.32 bits per heavy atom. The monoisotopic (exact) mass is 397 g/mol. The normalized spacial score (nSPS) is 17.0. The summed E-state index contributed by atoms with van der Waals surface area (Å²) in [5, 5.41) is 4.14. The van der Waals surface area contributed by atoms with Crippen LogP contribution in [0, 0.1) is 13.8 Å². The second-order valence-corrected chi connectivity index (χ2v) is 7.98. The number of anilines is 1. The largest absolute Gasteiger partial charge is 0.327 e. The van der Waals surface area contributed by atoms with Crippen LogP contribution in [0.2, 0.25) is 10.0 Å². The van der Waals surface area contributed by atoms with E-state index < -0.39 is 6.04 Å². The van der Waals surface area contributed by atoms with Crippen molar-refractivity contribution in [3.63, 3.8) is 0 Å². The van der Waals surface area contributed by atoms with E-state index in [0.29, 0.717) is 33.7 Å². The topological polar surface area (TPSA) is 62.3 Å². The molecule has 0 spiro atoms. The second-order valence-electron chi connectivity index (χ2n) is 5.93. The van der Waals surface area contributed by atoms with Crippen molar-refractivity contribution in [2.45, 2.75) is 32.7 Å². The molecule has 2 aromatic rings. The Morgan fingerprint density at radius 3 is 2.76 bits per heavy atom. The maximum absolute atomic E-state index is 12.8. The molecule has 0 saturated carbocycles. The van der Waals surface area contributed by atoms with Crippen molar-refractivity contribution in [3.05, 3.63) is 44.4 Å². The molecule has 5 nitrogen and oxygen atoms in total. The van der Waals surface area contributed by atoms with Crippen molar-refractivity contribution in [2.24, 2.45) is 0 Å². The lowest BCUT2D eigenvalue weighted by molar-refractivity contribution is -0.119. The molecule has 0 bridgehead atoms. The van der Waals surface area contributed by atoms with Crippen molar-refractivity contribution in [1.82, 2.24) is 9.88 Å². The molecule has 0 radical (unpaired) electrons. The fraction of sp³-hybridized carbons (Fsp3) is 0.353. The molecule has 2 amide bonds. The number of carbonyl (C=O) groups excluding carboxylic acids is 2. The minimum Gasteiger partial charge on any atom is -0.327 e. The van der Waals surface area contributed by atoms with Crippen molar-refractivity contribution in [2.75, 3.05) is 11.9 Å². The number of amides is 2. The van der Waals surface area contributed by atoms with Gasteiger partial charge in [-0.25, -0.2) is 4.98 Å². The molecule has 3 rings (SSSR count). The molecule has 1 aliphatic heterocycles. The predicted molar refractivity (Wildman–Crippen MR) is 101 cm³/mol. The fourth-order valence-electron chi connectivity index (χ4n) is 2.81. The molecular weight excluding hydrogens is 381 g/mol. The Morgan fingerprint density at radius 2 is 2.08 bits per heavy atom. The van der Waals surface area contributed by atoms with Gasteiger partial charge in [-0.05, 0) is 44.9 Å². The molecule has 1 fully saturated rings. The lowest BCUT2D eigenvalue weighted by Gasteiger charge is -2.24.